The Morgan fingerprint density at radius 1 is 1.41 bits per heavy atom. The van der Waals surface area contributed by atoms with E-state index in [-0.39, 0.29) is 23.6 Å². The number of nitro groups is 1. The molecule has 3 N–H and O–H groups in total. The fraction of sp³-hybridized carbons (Fsp3) is 0.143. The Balaban J connectivity index is 1.76. The highest BCUT2D eigenvalue weighted by molar-refractivity contribution is 6.36. The summed E-state index contributed by atoms with van der Waals surface area (Å²) in [5.41, 5.74) is -0.353. The predicted octanol–water partition coefficient (Wildman–Crippen LogP) is 1.48. The third-order valence-electron chi connectivity index (χ3n) is 3.38. The minimum atomic E-state index is -0.836. The van der Waals surface area contributed by atoms with E-state index in [0.717, 1.165) is 0 Å². The number of carbonyl (C=O) groups excluding carboxylic acids is 2. The molecule has 0 atom stereocenters. The van der Waals surface area contributed by atoms with Gasteiger partial charge >= 0.3 is 5.82 Å². The van der Waals surface area contributed by atoms with E-state index in [2.05, 4.69) is 25.9 Å². The Bertz CT molecular complexity index is 1010. The van der Waals surface area contributed by atoms with Gasteiger partial charge in [0.05, 0.1) is 18.5 Å². The van der Waals surface area contributed by atoms with Crippen molar-refractivity contribution in [3.05, 3.63) is 56.9 Å². The van der Waals surface area contributed by atoms with Crippen LogP contribution in [0, 0.1) is 10.1 Å². The number of nitrogens with one attached hydrogen (secondary N) is 3. The molecule has 3 rings (SSSR count). The van der Waals surface area contributed by atoms with Crippen LogP contribution >= 0.6 is 11.6 Å². The molecule has 140 valence electrons. The van der Waals surface area contributed by atoms with Crippen molar-refractivity contribution >= 4 is 34.9 Å². The molecule has 3 aromatic rings. The van der Waals surface area contributed by atoms with Crippen molar-refractivity contribution in [2.24, 2.45) is 7.05 Å². The third-order valence-corrected chi connectivity index (χ3v) is 3.74. The van der Waals surface area contributed by atoms with Gasteiger partial charge in [0, 0.05) is 13.2 Å². The van der Waals surface area contributed by atoms with Crippen molar-refractivity contribution < 1.29 is 18.9 Å². The highest BCUT2D eigenvalue weighted by Crippen LogP contribution is 2.25. The van der Waals surface area contributed by atoms with E-state index < -0.39 is 27.6 Å². The fourth-order valence-corrected chi connectivity index (χ4v) is 2.42. The van der Waals surface area contributed by atoms with Crippen molar-refractivity contribution in [2.45, 2.75) is 6.54 Å². The number of aryl methyl sites for hydroxylation is 1. The molecule has 3 heterocycles. The number of furan rings is 1. The molecule has 0 unspecified atom stereocenters. The van der Waals surface area contributed by atoms with Gasteiger partial charge in [-0.1, -0.05) is 16.7 Å². The highest BCUT2D eigenvalue weighted by atomic mass is 35.5. The first-order valence-electron chi connectivity index (χ1n) is 7.40. The number of halogens is 1. The molecule has 12 nitrogen and oxygen atoms in total. The van der Waals surface area contributed by atoms with Gasteiger partial charge in [-0.15, -0.1) is 5.10 Å². The van der Waals surface area contributed by atoms with Crippen LogP contribution in [-0.2, 0) is 13.6 Å². The van der Waals surface area contributed by atoms with Crippen molar-refractivity contribution in [1.82, 2.24) is 25.3 Å². The van der Waals surface area contributed by atoms with Crippen molar-refractivity contribution in [2.75, 3.05) is 5.32 Å². The number of amides is 2. The van der Waals surface area contributed by atoms with Crippen LogP contribution in [0.25, 0.3) is 0 Å². The molecule has 2 amide bonds. The van der Waals surface area contributed by atoms with Crippen LogP contribution in [0.4, 0.5) is 11.5 Å². The maximum absolute atomic E-state index is 12.3. The zero-order valence-corrected chi connectivity index (χ0v) is 14.5. The number of H-pyrrole nitrogens is 1. The predicted molar refractivity (Wildman–Crippen MR) is 91.3 cm³/mol. The number of aromatic nitrogens is 4. The van der Waals surface area contributed by atoms with E-state index in [4.69, 9.17) is 16.0 Å². The maximum Gasteiger partial charge on any atom is 0.362 e. The maximum atomic E-state index is 12.3. The number of hydrogen-bond acceptors (Lipinski definition) is 7. The van der Waals surface area contributed by atoms with Crippen LogP contribution in [0.2, 0.25) is 5.02 Å². The van der Waals surface area contributed by atoms with E-state index in [1.165, 1.54) is 17.1 Å². The summed E-state index contributed by atoms with van der Waals surface area (Å²) in [6, 6.07) is 3.37. The van der Waals surface area contributed by atoms with Gasteiger partial charge in [0.25, 0.3) is 11.8 Å². The molecular weight excluding hydrogens is 382 g/mol. The Morgan fingerprint density at radius 3 is 2.81 bits per heavy atom. The number of nitrogens with zero attached hydrogens (tertiary/aromatic N) is 4. The summed E-state index contributed by atoms with van der Waals surface area (Å²) in [5.74, 6) is -1.45. The van der Waals surface area contributed by atoms with Gasteiger partial charge in [0.15, 0.2) is 16.4 Å². The molecule has 0 aromatic carbocycles. The van der Waals surface area contributed by atoms with E-state index in [1.807, 2.05) is 0 Å². The second-order valence-corrected chi connectivity index (χ2v) is 5.65. The summed E-state index contributed by atoms with van der Waals surface area (Å²) >= 11 is 5.79. The van der Waals surface area contributed by atoms with Crippen LogP contribution in [0.3, 0.4) is 0 Å². The fourth-order valence-electron chi connectivity index (χ4n) is 2.18. The normalized spacial score (nSPS) is 10.6. The van der Waals surface area contributed by atoms with E-state index in [0.29, 0.717) is 5.76 Å². The minimum absolute atomic E-state index is 0.0569. The van der Waals surface area contributed by atoms with Gasteiger partial charge in [-0.2, -0.15) is 5.10 Å². The first kappa shape index (κ1) is 18.1. The van der Waals surface area contributed by atoms with Gasteiger partial charge < -0.3 is 25.2 Å². The molecule has 0 aliphatic heterocycles. The molecule has 0 saturated carbocycles. The van der Waals surface area contributed by atoms with Gasteiger partial charge in [0.2, 0.25) is 0 Å². The lowest BCUT2D eigenvalue weighted by Crippen LogP contribution is -2.25. The van der Waals surface area contributed by atoms with Crippen molar-refractivity contribution in [3.8, 4) is 0 Å². The first-order chi connectivity index (χ1) is 12.9. The Labute approximate surface area is 155 Å². The Kier molecular flexibility index (Phi) is 4.90. The molecular formula is C14H12ClN7O5. The third kappa shape index (κ3) is 3.79. The van der Waals surface area contributed by atoms with Gasteiger partial charge in [-0.25, -0.2) is 0 Å². The van der Waals surface area contributed by atoms with E-state index in [9.17, 15) is 19.7 Å². The van der Waals surface area contributed by atoms with Gasteiger partial charge in [0.1, 0.15) is 5.76 Å². The topological polar surface area (TPSA) is 161 Å². The van der Waals surface area contributed by atoms with Crippen LogP contribution in [0.15, 0.2) is 29.0 Å². The average molecular weight is 394 g/mol. The molecule has 3 aromatic heterocycles. The molecule has 13 heteroatoms. The van der Waals surface area contributed by atoms with Crippen LogP contribution in [0.1, 0.15) is 26.7 Å². The molecule has 0 saturated heterocycles. The molecule has 0 bridgehead atoms. The molecule has 0 aliphatic rings. The van der Waals surface area contributed by atoms with Crippen molar-refractivity contribution in [3.63, 3.8) is 0 Å². The van der Waals surface area contributed by atoms with Crippen molar-refractivity contribution in [1.29, 1.82) is 0 Å². The van der Waals surface area contributed by atoms with E-state index >= 15 is 0 Å². The number of anilines is 1. The second-order valence-electron chi connectivity index (χ2n) is 5.27. The number of hydrogen-bond donors (Lipinski definition) is 3. The molecule has 27 heavy (non-hydrogen) atoms. The van der Waals surface area contributed by atoms with Crippen LogP contribution in [-0.4, -0.2) is 36.7 Å². The van der Waals surface area contributed by atoms with Crippen LogP contribution in [0.5, 0.6) is 0 Å². The first-order valence-corrected chi connectivity index (χ1v) is 7.78. The van der Waals surface area contributed by atoms with Gasteiger partial charge in [-0.05, 0) is 17.1 Å². The zero-order valence-electron chi connectivity index (χ0n) is 13.7. The SMILES string of the molecule is Cn1cc(NC(=O)c2n[nH]c([N+](=O)[O-])c2Cl)c(C(=O)NCc2ccco2)n1. The number of rotatable bonds is 6. The quantitative estimate of drug-likeness (QED) is 0.422. The largest absolute Gasteiger partial charge is 0.467 e. The summed E-state index contributed by atoms with van der Waals surface area (Å²) in [4.78, 5) is 34.6. The summed E-state index contributed by atoms with van der Waals surface area (Å²) in [7, 11) is 1.56. The summed E-state index contributed by atoms with van der Waals surface area (Å²) in [6.07, 6.45) is 2.87. The Hall–Kier alpha value is -3.67. The lowest BCUT2D eigenvalue weighted by atomic mass is 10.3. The molecule has 0 radical (unpaired) electrons. The number of aromatic amines is 1. The lowest BCUT2D eigenvalue weighted by molar-refractivity contribution is -0.389. The summed E-state index contributed by atoms with van der Waals surface area (Å²) in [5, 5.41) is 25.0. The molecule has 0 fully saturated rings. The zero-order chi connectivity index (χ0) is 19.6. The molecule has 0 spiro atoms. The molecule has 0 aliphatic carbocycles. The Morgan fingerprint density at radius 2 is 2.19 bits per heavy atom. The van der Waals surface area contributed by atoms with Gasteiger partial charge in [-0.3, -0.25) is 14.3 Å². The summed E-state index contributed by atoms with van der Waals surface area (Å²) < 4.78 is 6.45. The van der Waals surface area contributed by atoms with E-state index in [1.54, 1.807) is 19.2 Å². The van der Waals surface area contributed by atoms with Crippen LogP contribution < -0.4 is 10.6 Å². The summed E-state index contributed by atoms with van der Waals surface area (Å²) in [6.45, 7) is 0.132. The lowest BCUT2D eigenvalue weighted by Gasteiger charge is -2.04. The highest BCUT2D eigenvalue weighted by Gasteiger charge is 2.27. The second kappa shape index (κ2) is 7.29. The standard InChI is InChI=1S/C14H12ClN7O5/c1-21-6-8(10(20-21)13(23)16-5-7-3-2-4-27-7)17-14(24)11-9(15)12(19-18-11)22(25)26/h2-4,6H,5H2,1H3,(H,16,23)(H,17,24)(H,18,19). The minimum Gasteiger partial charge on any atom is -0.467 e. The number of carbonyl (C=O) groups is 2. The smallest absolute Gasteiger partial charge is 0.362 e. The monoisotopic (exact) mass is 393 g/mol. The average Bonchev–Trinajstić information content (AvgIpc) is 3.32.